The highest BCUT2D eigenvalue weighted by molar-refractivity contribution is 5.55. The van der Waals surface area contributed by atoms with Crippen molar-refractivity contribution in [2.24, 2.45) is 0 Å². The summed E-state index contributed by atoms with van der Waals surface area (Å²) in [7, 11) is 0. The predicted octanol–water partition coefficient (Wildman–Crippen LogP) is 5.27. The molecule has 2 unspecified atom stereocenters. The Morgan fingerprint density at radius 3 is 2.06 bits per heavy atom. The minimum absolute atomic E-state index is 0.0313. The number of rotatable bonds is 5. The van der Waals surface area contributed by atoms with Crippen LogP contribution in [0, 0.1) is 0 Å². The minimum atomic E-state index is -0.421. The van der Waals surface area contributed by atoms with Gasteiger partial charge in [0.1, 0.15) is 29.1 Å². The van der Waals surface area contributed by atoms with E-state index in [-0.39, 0.29) is 34.7 Å². The van der Waals surface area contributed by atoms with Gasteiger partial charge in [-0.2, -0.15) is 0 Å². The number of aromatic hydroxyl groups is 5. The third-order valence-electron chi connectivity index (χ3n) is 6.24. The molecule has 6 nitrogen and oxygen atoms in total. The van der Waals surface area contributed by atoms with Crippen LogP contribution >= 0.6 is 0 Å². The third-order valence-corrected chi connectivity index (χ3v) is 6.24. The van der Waals surface area contributed by atoms with Crippen LogP contribution in [-0.2, 0) is 12.8 Å². The summed E-state index contributed by atoms with van der Waals surface area (Å²) >= 11 is 0. The number of phenolic OH excluding ortho intramolecular Hbond substituents is 5. The molecule has 0 aliphatic carbocycles. The van der Waals surface area contributed by atoms with Crippen LogP contribution in [0.2, 0.25) is 0 Å². The Bertz CT molecular complexity index is 1330. The summed E-state index contributed by atoms with van der Waals surface area (Å²) in [5.41, 5.74) is 4.39. The standard InChI is InChI=1S/C28H24O6/c29-20-9-7-18(8-10-20)28-26(19-13-21(30)15-22(31)14-19)23-3-1-2-17(27(23)34-28)6-4-16-5-11-24(32)25(33)12-16/h1-3,5,7-15,26,28-33H,4,6H2. The van der Waals surface area contributed by atoms with Crippen molar-refractivity contribution in [3.63, 3.8) is 0 Å². The first-order valence-electron chi connectivity index (χ1n) is 11.0. The number of benzene rings is 4. The van der Waals surface area contributed by atoms with Gasteiger partial charge in [-0.3, -0.25) is 0 Å². The molecule has 4 aromatic carbocycles. The molecule has 5 rings (SSSR count). The second-order valence-corrected chi connectivity index (χ2v) is 8.55. The van der Waals surface area contributed by atoms with E-state index in [0.717, 1.165) is 33.6 Å². The van der Waals surface area contributed by atoms with Crippen molar-refractivity contribution >= 4 is 0 Å². The molecule has 34 heavy (non-hydrogen) atoms. The van der Waals surface area contributed by atoms with Crippen LogP contribution in [0.25, 0.3) is 0 Å². The van der Waals surface area contributed by atoms with Gasteiger partial charge in [0.15, 0.2) is 11.5 Å². The van der Waals surface area contributed by atoms with Crippen molar-refractivity contribution in [3.05, 3.63) is 107 Å². The molecule has 0 bridgehead atoms. The van der Waals surface area contributed by atoms with E-state index in [0.29, 0.717) is 12.8 Å². The number of phenols is 5. The molecule has 172 valence electrons. The zero-order chi connectivity index (χ0) is 23.8. The van der Waals surface area contributed by atoms with Crippen LogP contribution in [0.1, 0.15) is 39.8 Å². The zero-order valence-electron chi connectivity index (χ0n) is 18.2. The molecule has 4 aromatic rings. The molecule has 1 aliphatic rings. The van der Waals surface area contributed by atoms with Crippen molar-refractivity contribution in [2.45, 2.75) is 24.9 Å². The Kier molecular flexibility index (Phi) is 5.42. The van der Waals surface area contributed by atoms with Crippen molar-refractivity contribution < 1.29 is 30.3 Å². The van der Waals surface area contributed by atoms with Crippen molar-refractivity contribution in [2.75, 3.05) is 0 Å². The smallest absolute Gasteiger partial charge is 0.157 e. The van der Waals surface area contributed by atoms with Crippen LogP contribution in [0.4, 0.5) is 0 Å². The van der Waals surface area contributed by atoms with Gasteiger partial charge >= 0.3 is 0 Å². The Morgan fingerprint density at radius 2 is 1.35 bits per heavy atom. The van der Waals surface area contributed by atoms with Crippen LogP contribution < -0.4 is 4.74 Å². The van der Waals surface area contributed by atoms with Gasteiger partial charge < -0.3 is 30.3 Å². The lowest BCUT2D eigenvalue weighted by molar-refractivity contribution is 0.220. The monoisotopic (exact) mass is 456 g/mol. The summed E-state index contributed by atoms with van der Waals surface area (Å²) < 4.78 is 6.51. The quantitative estimate of drug-likeness (QED) is 0.262. The van der Waals surface area contributed by atoms with Gasteiger partial charge in [-0.25, -0.2) is 0 Å². The average molecular weight is 456 g/mol. The SMILES string of the molecule is Oc1ccc(C2Oc3c(CCc4ccc(O)c(O)c4)cccc3C2c2cc(O)cc(O)c2)cc1. The van der Waals surface area contributed by atoms with E-state index in [1.807, 2.05) is 18.2 Å². The van der Waals surface area contributed by atoms with E-state index in [1.165, 1.54) is 12.1 Å². The summed E-state index contributed by atoms with van der Waals surface area (Å²) in [5.74, 6) is 0.257. The summed E-state index contributed by atoms with van der Waals surface area (Å²) in [6, 6.07) is 22.1. The lowest BCUT2D eigenvalue weighted by Crippen LogP contribution is -2.11. The lowest BCUT2D eigenvalue weighted by Gasteiger charge is -2.20. The molecule has 0 fully saturated rings. The number of ether oxygens (including phenoxy) is 1. The van der Waals surface area contributed by atoms with E-state index in [4.69, 9.17) is 4.74 Å². The van der Waals surface area contributed by atoms with Crippen molar-refractivity contribution in [3.8, 4) is 34.5 Å². The molecule has 0 saturated carbocycles. The number of hydrogen-bond acceptors (Lipinski definition) is 6. The second kappa shape index (κ2) is 8.56. The van der Waals surface area contributed by atoms with Crippen molar-refractivity contribution in [1.82, 2.24) is 0 Å². The highest BCUT2D eigenvalue weighted by Crippen LogP contribution is 2.52. The van der Waals surface area contributed by atoms with Gasteiger partial charge in [0.2, 0.25) is 0 Å². The number of fused-ring (bicyclic) bond motifs is 1. The summed E-state index contributed by atoms with van der Waals surface area (Å²) in [4.78, 5) is 0. The highest BCUT2D eigenvalue weighted by Gasteiger charge is 2.38. The topological polar surface area (TPSA) is 110 Å². The third kappa shape index (κ3) is 4.06. The Balaban J connectivity index is 1.54. The molecule has 1 heterocycles. The molecule has 2 atom stereocenters. The number of para-hydroxylation sites is 1. The molecule has 0 spiro atoms. The van der Waals surface area contributed by atoms with Crippen LogP contribution in [0.5, 0.6) is 34.5 Å². The average Bonchev–Trinajstić information content (AvgIpc) is 3.20. The van der Waals surface area contributed by atoms with Crippen LogP contribution in [0.15, 0.2) is 78.9 Å². The van der Waals surface area contributed by atoms with E-state index in [1.54, 1.807) is 48.5 Å². The Hall–Kier alpha value is -4.32. The highest BCUT2D eigenvalue weighted by atomic mass is 16.5. The van der Waals surface area contributed by atoms with E-state index >= 15 is 0 Å². The van der Waals surface area contributed by atoms with Gasteiger partial charge in [0, 0.05) is 11.6 Å². The first kappa shape index (κ1) is 21.5. The summed E-state index contributed by atoms with van der Waals surface area (Å²) in [6.45, 7) is 0. The maximum Gasteiger partial charge on any atom is 0.157 e. The lowest BCUT2D eigenvalue weighted by atomic mass is 9.84. The van der Waals surface area contributed by atoms with E-state index in [9.17, 15) is 25.5 Å². The zero-order valence-corrected chi connectivity index (χ0v) is 18.2. The summed E-state index contributed by atoms with van der Waals surface area (Å²) in [5, 5.41) is 49.4. The fourth-order valence-corrected chi connectivity index (χ4v) is 4.63. The second-order valence-electron chi connectivity index (χ2n) is 8.55. The molecule has 0 saturated heterocycles. The van der Waals surface area contributed by atoms with Crippen LogP contribution in [0.3, 0.4) is 0 Å². The number of aryl methyl sites for hydroxylation is 2. The largest absolute Gasteiger partial charge is 0.508 e. The van der Waals surface area contributed by atoms with E-state index in [2.05, 4.69) is 0 Å². The van der Waals surface area contributed by atoms with Gasteiger partial charge in [0.05, 0.1) is 5.92 Å². The molecular formula is C28H24O6. The molecule has 1 aliphatic heterocycles. The molecule has 0 aromatic heterocycles. The first-order valence-corrected chi connectivity index (χ1v) is 11.0. The van der Waals surface area contributed by atoms with Gasteiger partial charge in [-0.05, 0) is 71.5 Å². The van der Waals surface area contributed by atoms with E-state index < -0.39 is 6.10 Å². The Morgan fingerprint density at radius 1 is 0.618 bits per heavy atom. The first-order chi connectivity index (χ1) is 16.4. The fourth-order valence-electron chi connectivity index (χ4n) is 4.63. The van der Waals surface area contributed by atoms with Gasteiger partial charge in [-0.15, -0.1) is 0 Å². The maximum atomic E-state index is 10.1. The summed E-state index contributed by atoms with van der Waals surface area (Å²) in [6.07, 6.45) is 0.860. The molecular weight excluding hydrogens is 432 g/mol. The number of hydrogen-bond donors (Lipinski definition) is 5. The predicted molar refractivity (Wildman–Crippen MR) is 127 cm³/mol. The van der Waals surface area contributed by atoms with Crippen LogP contribution in [-0.4, -0.2) is 25.5 Å². The minimum Gasteiger partial charge on any atom is -0.508 e. The fraction of sp³-hybridized carbons (Fsp3) is 0.143. The molecule has 5 N–H and O–H groups in total. The van der Waals surface area contributed by atoms with Crippen molar-refractivity contribution in [1.29, 1.82) is 0 Å². The molecule has 0 radical (unpaired) electrons. The molecule has 6 heteroatoms. The molecule has 0 amide bonds. The Labute approximate surface area is 196 Å². The maximum absolute atomic E-state index is 10.1. The van der Waals surface area contributed by atoms with Gasteiger partial charge in [-0.1, -0.05) is 36.4 Å². The normalized spacial score (nSPS) is 16.7. The van der Waals surface area contributed by atoms with Gasteiger partial charge in [0.25, 0.3) is 0 Å².